The van der Waals surface area contributed by atoms with Crippen LogP contribution in [0.5, 0.6) is 0 Å². The molecule has 8 heteroatoms. The molecule has 0 saturated carbocycles. The molecule has 0 radical (unpaired) electrons. The zero-order valence-corrected chi connectivity index (χ0v) is 13.1. The monoisotopic (exact) mass is 309 g/mol. The van der Waals surface area contributed by atoms with Crippen molar-refractivity contribution >= 4 is 5.65 Å². The van der Waals surface area contributed by atoms with Crippen molar-refractivity contribution in [1.29, 1.82) is 0 Å². The zero-order valence-electron chi connectivity index (χ0n) is 13.1. The number of nitrogens with zero attached hydrogens (tertiary/aromatic N) is 7. The van der Waals surface area contributed by atoms with Crippen LogP contribution in [-0.2, 0) is 6.54 Å². The number of hydrogen-bond acceptors (Lipinski definition) is 6. The number of hydrogen-bond donors (Lipinski definition) is 0. The maximum Gasteiger partial charge on any atom is 0.166 e. The molecule has 0 aliphatic carbocycles. The van der Waals surface area contributed by atoms with Crippen LogP contribution in [0.2, 0.25) is 0 Å². The topological polar surface area (TPSA) is 86.9 Å². The van der Waals surface area contributed by atoms with E-state index >= 15 is 0 Å². The Morgan fingerprint density at radius 1 is 1.17 bits per heavy atom. The van der Waals surface area contributed by atoms with E-state index in [-0.39, 0.29) is 0 Å². The Bertz CT molecular complexity index is 995. The summed E-state index contributed by atoms with van der Waals surface area (Å²) in [5.74, 6) is 0.792. The van der Waals surface area contributed by atoms with Crippen molar-refractivity contribution in [2.45, 2.75) is 27.3 Å². The molecule has 4 aromatic rings. The SMILES string of the molecule is Cc1cc(C)n2ncc(-c3nccn3Cc3nonc3C)c2n1. The van der Waals surface area contributed by atoms with Gasteiger partial charge in [0.15, 0.2) is 5.65 Å². The van der Waals surface area contributed by atoms with Crippen LogP contribution >= 0.6 is 0 Å². The summed E-state index contributed by atoms with van der Waals surface area (Å²) in [5.41, 5.74) is 5.22. The molecule has 0 amide bonds. The first kappa shape index (κ1) is 13.6. The molecule has 4 heterocycles. The number of rotatable bonds is 3. The van der Waals surface area contributed by atoms with Gasteiger partial charge in [-0.25, -0.2) is 19.1 Å². The van der Waals surface area contributed by atoms with Crippen LogP contribution in [0, 0.1) is 20.8 Å². The van der Waals surface area contributed by atoms with Gasteiger partial charge >= 0.3 is 0 Å². The molecule has 116 valence electrons. The first-order valence-electron chi connectivity index (χ1n) is 7.25. The molecule has 4 rings (SSSR count). The average Bonchev–Trinajstić information content (AvgIpc) is 3.20. The number of imidazole rings is 1. The second-order valence-electron chi connectivity index (χ2n) is 5.51. The van der Waals surface area contributed by atoms with Crippen LogP contribution in [0.4, 0.5) is 0 Å². The molecule has 4 aromatic heterocycles. The van der Waals surface area contributed by atoms with E-state index < -0.39 is 0 Å². The molecule has 0 unspecified atom stereocenters. The maximum atomic E-state index is 4.76. The summed E-state index contributed by atoms with van der Waals surface area (Å²) in [4.78, 5) is 9.08. The van der Waals surface area contributed by atoms with Gasteiger partial charge in [0.25, 0.3) is 0 Å². The summed E-state index contributed by atoms with van der Waals surface area (Å²) in [6.07, 6.45) is 5.45. The fourth-order valence-electron chi connectivity index (χ4n) is 2.66. The summed E-state index contributed by atoms with van der Waals surface area (Å²) < 4.78 is 8.58. The molecule has 0 aromatic carbocycles. The van der Waals surface area contributed by atoms with Crippen LogP contribution in [-0.4, -0.2) is 34.5 Å². The van der Waals surface area contributed by atoms with Gasteiger partial charge in [0, 0.05) is 23.8 Å². The lowest BCUT2D eigenvalue weighted by molar-refractivity contribution is 0.300. The largest absolute Gasteiger partial charge is 0.325 e. The average molecular weight is 309 g/mol. The highest BCUT2D eigenvalue weighted by atomic mass is 16.6. The lowest BCUT2D eigenvalue weighted by Gasteiger charge is -2.06. The highest BCUT2D eigenvalue weighted by Crippen LogP contribution is 2.23. The Balaban J connectivity index is 1.83. The summed E-state index contributed by atoms with van der Waals surface area (Å²) in [7, 11) is 0. The molecule has 0 N–H and O–H groups in total. The van der Waals surface area contributed by atoms with E-state index in [1.54, 1.807) is 12.4 Å². The Morgan fingerprint density at radius 3 is 2.83 bits per heavy atom. The van der Waals surface area contributed by atoms with Gasteiger partial charge in [-0.3, -0.25) is 0 Å². The third kappa shape index (κ3) is 2.19. The van der Waals surface area contributed by atoms with Gasteiger partial charge in [-0.05, 0) is 26.8 Å². The van der Waals surface area contributed by atoms with E-state index in [1.165, 1.54) is 0 Å². The number of aromatic nitrogens is 7. The molecule has 0 aliphatic rings. The van der Waals surface area contributed by atoms with E-state index in [0.717, 1.165) is 39.8 Å². The molecule has 8 nitrogen and oxygen atoms in total. The van der Waals surface area contributed by atoms with Crippen LogP contribution in [0.25, 0.3) is 17.0 Å². The van der Waals surface area contributed by atoms with Crippen molar-refractivity contribution in [3.63, 3.8) is 0 Å². The molecule has 0 fully saturated rings. The fraction of sp³-hybridized carbons (Fsp3) is 0.267. The first-order valence-corrected chi connectivity index (χ1v) is 7.25. The minimum atomic E-state index is 0.535. The van der Waals surface area contributed by atoms with Crippen molar-refractivity contribution < 1.29 is 4.63 Å². The lowest BCUT2D eigenvalue weighted by Crippen LogP contribution is -2.03. The van der Waals surface area contributed by atoms with Gasteiger partial charge in [-0.2, -0.15) is 5.10 Å². The lowest BCUT2D eigenvalue weighted by atomic mass is 10.2. The predicted molar refractivity (Wildman–Crippen MR) is 81.8 cm³/mol. The van der Waals surface area contributed by atoms with Gasteiger partial charge in [0.2, 0.25) is 0 Å². The Morgan fingerprint density at radius 2 is 2.04 bits per heavy atom. The van der Waals surface area contributed by atoms with E-state index in [4.69, 9.17) is 4.63 Å². The number of fused-ring (bicyclic) bond motifs is 1. The van der Waals surface area contributed by atoms with E-state index in [0.29, 0.717) is 6.54 Å². The van der Waals surface area contributed by atoms with Gasteiger partial charge < -0.3 is 4.57 Å². The molecule has 0 aliphatic heterocycles. The quantitative estimate of drug-likeness (QED) is 0.575. The Hall–Kier alpha value is -3.03. The molecular formula is C15H15N7O. The summed E-state index contributed by atoms with van der Waals surface area (Å²) in [6.45, 7) is 6.38. The van der Waals surface area contributed by atoms with E-state index in [2.05, 4.69) is 25.4 Å². The normalized spacial score (nSPS) is 11.4. The third-order valence-electron chi connectivity index (χ3n) is 3.80. The minimum absolute atomic E-state index is 0.535. The van der Waals surface area contributed by atoms with E-state index in [1.807, 2.05) is 42.1 Å². The van der Waals surface area contributed by atoms with Crippen molar-refractivity contribution in [3.05, 3.63) is 47.4 Å². The van der Waals surface area contributed by atoms with Gasteiger partial charge in [-0.15, -0.1) is 0 Å². The molecule has 0 saturated heterocycles. The van der Waals surface area contributed by atoms with Crippen LogP contribution in [0.1, 0.15) is 22.8 Å². The van der Waals surface area contributed by atoms with Gasteiger partial charge in [0.1, 0.15) is 17.2 Å². The molecular weight excluding hydrogens is 294 g/mol. The van der Waals surface area contributed by atoms with Crippen molar-refractivity contribution in [1.82, 2.24) is 34.5 Å². The van der Waals surface area contributed by atoms with Gasteiger partial charge in [0.05, 0.1) is 18.3 Å². The highest BCUT2D eigenvalue weighted by molar-refractivity contribution is 5.72. The summed E-state index contributed by atoms with van der Waals surface area (Å²) in [6, 6.07) is 2.00. The molecule has 0 bridgehead atoms. The van der Waals surface area contributed by atoms with Crippen molar-refractivity contribution in [2.24, 2.45) is 0 Å². The smallest absolute Gasteiger partial charge is 0.166 e. The minimum Gasteiger partial charge on any atom is -0.325 e. The zero-order chi connectivity index (χ0) is 16.0. The summed E-state index contributed by atoms with van der Waals surface area (Å²) in [5, 5.41) is 12.2. The standard InChI is InChI=1S/C15H15N7O/c1-9-6-10(2)22-15(18-9)12(7-17-22)14-16-4-5-21(14)8-13-11(3)19-23-20-13/h4-7H,8H2,1-3H3. The molecule has 0 atom stereocenters. The maximum absolute atomic E-state index is 4.76. The Kier molecular flexibility index (Phi) is 2.97. The van der Waals surface area contributed by atoms with E-state index in [9.17, 15) is 0 Å². The molecule has 23 heavy (non-hydrogen) atoms. The summed E-state index contributed by atoms with van der Waals surface area (Å²) >= 11 is 0. The van der Waals surface area contributed by atoms with Crippen molar-refractivity contribution in [2.75, 3.05) is 0 Å². The first-order chi connectivity index (χ1) is 11.1. The van der Waals surface area contributed by atoms with Gasteiger partial charge in [-0.1, -0.05) is 10.3 Å². The highest BCUT2D eigenvalue weighted by Gasteiger charge is 2.16. The number of aryl methyl sites for hydroxylation is 3. The molecule has 0 spiro atoms. The fourth-order valence-corrected chi connectivity index (χ4v) is 2.66. The second kappa shape index (κ2) is 5.01. The third-order valence-corrected chi connectivity index (χ3v) is 3.80. The second-order valence-corrected chi connectivity index (χ2v) is 5.51. The van der Waals surface area contributed by atoms with Crippen LogP contribution < -0.4 is 0 Å². The van der Waals surface area contributed by atoms with Crippen LogP contribution in [0.3, 0.4) is 0 Å². The van der Waals surface area contributed by atoms with Crippen molar-refractivity contribution in [3.8, 4) is 11.4 Å². The van der Waals surface area contributed by atoms with Crippen LogP contribution in [0.15, 0.2) is 29.3 Å². The Labute approximate surface area is 131 Å². The predicted octanol–water partition coefficient (Wildman–Crippen LogP) is 1.95.